The highest BCUT2D eigenvalue weighted by atomic mass is 16.6. The molecule has 0 aromatic heterocycles. The number of rotatable bonds is 1. The number of fused-ring (bicyclic) bond motifs is 1. The van der Waals surface area contributed by atoms with Gasteiger partial charge in [-0.1, -0.05) is 6.07 Å². The highest BCUT2D eigenvalue weighted by Crippen LogP contribution is 2.35. The van der Waals surface area contributed by atoms with E-state index in [-0.39, 0.29) is 5.69 Å². The lowest BCUT2D eigenvalue weighted by Gasteiger charge is -2.18. The lowest BCUT2D eigenvalue weighted by atomic mass is 10.2. The van der Waals surface area contributed by atoms with Crippen molar-refractivity contribution in [1.29, 1.82) is 0 Å². The molecule has 5 heteroatoms. The molecule has 0 saturated heterocycles. The number of anilines is 1. The Kier molecular flexibility index (Phi) is 1.77. The highest BCUT2D eigenvalue weighted by Gasteiger charge is 2.20. The van der Waals surface area contributed by atoms with Crippen LogP contribution in [0.1, 0.15) is 0 Å². The molecule has 0 amide bonds. The molecule has 1 aliphatic rings. The number of ether oxygens (including phenoxy) is 1. The van der Waals surface area contributed by atoms with E-state index < -0.39 is 4.92 Å². The molecule has 2 rings (SSSR count). The number of nitro benzene ring substituents is 1. The van der Waals surface area contributed by atoms with Crippen LogP contribution in [0.5, 0.6) is 5.75 Å². The molecule has 1 aliphatic heterocycles. The smallest absolute Gasteiger partial charge is 0.296 e. The monoisotopic (exact) mass is 180 g/mol. The van der Waals surface area contributed by atoms with Crippen LogP contribution >= 0.6 is 0 Å². The fourth-order valence-electron chi connectivity index (χ4n) is 1.31. The summed E-state index contributed by atoms with van der Waals surface area (Å²) >= 11 is 0. The average Bonchev–Trinajstić information content (AvgIpc) is 2.17. The fraction of sp³-hybridized carbons (Fsp3) is 0.250. The molecule has 0 aliphatic carbocycles. The molecule has 1 heterocycles. The van der Waals surface area contributed by atoms with E-state index in [1.165, 1.54) is 6.07 Å². The normalized spacial score (nSPS) is 13.8. The Labute approximate surface area is 74.5 Å². The Morgan fingerprint density at radius 2 is 2.38 bits per heavy atom. The number of nitrogens with zero attached hydrogens (tertiary/aromatic N) is 1. The Morgan fingerprint density at radius 3 is 3.15 bits per heavy atom. The molecule has 5 nitrogen and oxygen atoms in total. The molecule has 0 saturated carbocycles. The number of para-hydroxylation sites is 1. The van der Waals surface area contributed by atoms with Crippen molar-refractivity contribution < 1.29 is 9.66 Å². The van der Waals surface area contributed by atoms with Gasteiger partial charge in [0.05, 0.1) is 4.92 Å². The third-order valence-electron chi connectivity index (χ3n) is 1.86. The van der Waals surface area contributed by atoms with Gasteiger partial charge in [-0.05, 0) is 6.07 Å². The number of benzene rings is 1. The van der Waals surface area contributed by atoms with E-state index in [4.69, 9.17) is 4.74 Å². The molecule has 0 bridgehead atoms. The molecule has 1 N–H and O–H groups in total. The lowest BCUT2D eigenvalue weighted by Crippen LogP contribution is -2.18. The summed E-state index contributed by atoms with van der Waals surface area (Å²) in [5.74, 6) is 0.556. The third kappa shape index (κ3) is 1.28. The number of nitrogens with one attached hydrogen (secondary N) is 1. The second-order valence-corrected chi connectivity index (χ2v) is 2.68. The van der Waals surface area contributed by atoms with Crippen molar-refractivity contribution in [3.63, 3.8) is 0 Å². The maximum atomic E-state index is 10.6. The Morgan fingerprint density at radius 1 is 1.54 bits per heavy atom. The summed E-state index contributed by atoms with van der Waals surface area (Å²) in [5.41, 5.74) is 0.552. The second-order valence-electron chi connectivity index (χ2n) is 2.68. The number of nitro groups is 1. The summed E-state index contributed by atoms with van der Waals surface area (Å²) in [7, 11) is 0. The van der Waals surface area contributed by atoms with Gasteiger partial charge in [-0.15, -0.1) is 0 Å². The van der Waals surface area contributed by atoms with Gasteiger partial charge in [-0.2, -0.15) is 0 Å². The van der Waals surface area contributed by atoms with Crippen LogP contribution in [0.4, 0.5) is 11.4 Å². The van der Waals surface area contributed by atoms with Crippen LogP contribution in [-0.2, 0) is 0 Å². The standard InChI is InChI=1S/C8H8N2O3/c11-10(12)6-2-1-3-7-8(6)9-4-5-13-7/h1-3,9H,4-5H2. The quantitative estimate of drug-likeness (QED) is 0.524. The largest absolute Gasteiger partial charge is 0.489 e. The van der Waals surface area contributed by atoms with Gasteiger partial charge >= 0.3 is 0 Å². The zero-order valence-corrected chi connectivity index (χ0v) is 6.82. The molecule has 0 fully saturated rings. The Bertz CT molecular complexity index is 351. The molecule has 0 atom stereocenters. The van der Waals surface area contributed by atoms with E-state index in [1.54, 1.807) is 12.1 Å². The van der Waals surface area contributed by atoms with E-state index in [2.05, 4.69) is 5.32 Å². The van der Waals surface area contributed by atoms with Gasteiger partial charge in [0.15, 0.2) is 5.69 Å². The van der Waals surface area contributed by atoms with Gasteiger partial charge in [-0.25, -0.2) is 0 Å². The molecule has 1 aromatic rings. The molecule has 0 spiro atoms. The summed E-state index contributed by atoms with van der Waals surface area (Å²) in [6.45, 7) is 1.16. The minimum atomic E-state index is -0.416. The van der Waals surface area contributed by atoms with E-state index in [0.29, 0.717) is 24.6 Å². The van der Waals surface area contributed by atoms with Crippen molar-refractivity contribution >= 4 is 11.4 Å². The Balaban J connectivity index is 2.52. The zero-order chi connectivity index (χ0) is 9.26. The van der Waals surface area contributed by atoms with Gasteiger partial charge < -0.3 is 10.1 Å². The summed E-state index contributed by atoms with van der Waals surface area (Å²) in [6.07, 6.45) is 0. The van der Waals surface area contributed by atoms with Gasteiger partial charge in [-0.3, -0.25) is 10.1 Å². The van der Waals surface area contributed by atoms with E-state index in [1.807, 2.05) is 0 Å². The van der Waals surface area contributed by atoms with Gasteiger partial charge in [0.1, 0.15) is 12.4 Å². The van der Waals surface area contributed by atoms with Crippen LogP contribution in [0, 0.1) is 10.1 Å². The maximum absolute atomic E-state index is 10.6. The maximum Gasteiger partial charge on any atom is 0.296 e. The van der Waals surface area contributed by atoms with E-state index in [9.17, 15) is 10.1 Å². The van der Waals surface area contributed by atoms with E-state index >= 15 is 0 Å². The molecule has 13 heavy (non-hydrogen) atoms. The minimum Gasteiger partial charge on any atom is -0.489 e. The number of hydrogen-bond acceptors (Lipinski definition) is 4. The predicted octanol–water partition coefficient (Wildman–Crippen LogP) is 1.40. The van der Waals surface area contributed by atoms with Crippen molar-refractivity contribution in [2.24, 2.45) is 0 Å². The van der Waals surface area contributed by atoms with Crippen LogP contribution in [0.15, 0.2) is 18.2 Å². The van der Waals surface area contributed by atoms with Crippen molar-refractivity contribution in [3.8, 4) is 5.75 Å². The van der Waals surface area contributed by atoms with Gasteiger partial charge in [0, 0.05) is 12.6 Å². The van der Waals surface area contributed by atoms with Crippen molar-refractivity contribution in [2.75, 3.05) is 18.5 Å². The van der Waals surface area contributed by atoms with Crippen molar-refractivity contribution in [2.45, 2.75) is 0 Å². The first kappa shape index (κ1) is 7.85. The van der Waals surface area contributed by atoms with Crippen LogP contribution < -0.4 is 10.1 Å². The summed E-state index contributed by atoms with van der Waals surface area (Å²) in [6, 6.07) is 4.79. The summed E-state index contributed by atoms with van der Waals surface area (Å²) in [4.78, 5) is 10.2. The first-order valence-corrected chi connectivity index (χ1v) is 3.93. The zero-order valence-electron chi connectivity index (χ0n) is 6.82. The number of hydrogen-bond donors (Lipinski definition) is 1. The van der Waals surface area contributed by atoms with Crippen LogP contribution in [0.3, 0.4) is 0 Å². The fourth-order valence-corrected chi connectivity index (χ4v) is 1.31. The summed E-state index contributed by atoms with van der Waals surface area (Å²) in [5, 5.41) is 13.5. The first-order chi connectivity index (χ1) is 6.29. The predicted molar refractivity (Wildman–Crippen MR) is 47.1 cm³/mol. The van der Waals surface area contributed by atoms with E-state index in [0.717, 1.165) is 0 Å². The second kappa shape index (κ2) is 2.93. The van der Waals surface area contributed by atoms with Gasteiger partial charge in [0.25, 0.3) is 5.69 Å². The lowest BCUT2D eigenvalue weighted by molar-refractivity contribution is -0.384. The SMILES string of the molecule is O=[N+]([O-])c1cccc2c1NCCO2. The molecule has 1 aromatic carbocycles. The molecule has 0 radical (unpaired) electrons. The van der Waals surface area contributed by atoms with Crippen molar-refractivity contribution in [1.82, 2.24) is 0 Å². The molecule has 68 valence electrons. The molecular formula is C8H8N2O3. The highest BCUT2D eigenvalue weighted by molar-refractivity contribution is 5.70. The average molecular weight is 180 g/mol. The van der Waals surface area contributed by atoms with Crippen LogP contribution in [0.2, 0.25) is 0 Å². The molecular weight excluding hydrogens is 172 g/mol. The van der Waals surface area contributed by atoms with Crippen LogP contribution in [0.25, 0.3) is 0 Å². The molecule has 0 unspecified atom stereocenters. The summed E-state index contributed by atoms with van der Waals surface area (Å²) < 4.78 is 5.25. The third-order valence-corrected chi connectivity index (χ3v) is 1.86. The van der Waals surface area contributed by atoms with Gasteiger partial charge in [0.2, 0.25) is 0 Å². The Hall–Kier alpha value is -1.78. The topological polar surface area (TPSA) is 64.4 Å². The van der Waals surface area contributed by atoms with Crippen LogP contribution in [-0.4, -0.2) is 18.1 Å². The first-order valence-electron chi connectivity index (χ1n) is 3.93. The minimum absolute atomic E-state index is 0.0669. The van der Waals surface area contributed by atoms with Crippen molar-refractivity contribution in [3.05, 3.63) is 28.3 Å².